The summed E-state index contributed by atoms with van der Waals surface area (Å²) in [5.74, 6) is 0.573. The van der Waals surface area contributed by atoms with Crippen LogP contribution in [0.3, 0.4) is 0 Å². The van der Waals surface area contributed by atoms with E-state index < -0.39 is 15.3 Å². The van der Waals surface area contributed by atoms with Crippen molar-refractivity contribution in [2.75, 3.05) is 19.7 Å². The van der Waals surface area contributed by atoms with Crippen molar-refractivity contribution in [1.82, 2.24) is 10.0 Å². The molecule has 18 heavy (non-hydrogen) atoms. The van der Waals surface area contributed by atoms with E-state index in [4.69, 9.17) is 4.74 Å². The lowest BCUT2D eigenvalue weighted by Gasteiger charge is -2.22. The molecule has 3 atom stereocenters. The fraction of sp³-hybridized carbons (Fsp3) is 1.00. The molecule has 2 rings (SSSR count). The lowest BCUT2D eigenvalue weighted by Crippen LogP contribution is -2.47. The summed E-state index contributed by atoms with van der Waals surface area (Å²) in [5.41, 5.74) is 0. The van der Waals surface area contributed by atoms with Crippen LogP contribution in [0.5, 0.6) is 0 Å². The average molecular weight is 276 g/mol. The van der Waals surface area contributed by atoms with Gasteiger partial charge in [0.1, 0.15) is 0 Å². The molecule has 1 saturated carbocycles. The lowest BCUT2D eigenvalue weighted by molar-refractivity contribution is 0.0847. The Kier molecular flexibility index (Phi) is 4.64. The zero-order chi connectivity index (χ0) is 13.2. The fourth-order valence-corrected chi connectivity index (χ4v) is 3.65. The molecule has 1 saturated heterocycles. The molecule has 1 aliphatic carbocycles. The van der Waals surface area contributed by atoms with E-state index in [1.54, 1.807) is 6.92 Å². The summed E-state index contributed by atoms with van der Waals surface area (Å²) in [6, 6.07) is -0.0217. The summed E-state index contributed by atoms with van der Waals surface area (Å²) in [5, 5.41) is 2.67. The molecule has 0 radical (unpaired) electrons. The quantitative estimate of drug-likeness (QED) is 0.709. The second kappa shape index (κ2) is 5.86. The Morgan fingerprint density at radius 2 is 2.06 bits per heavy atom. The van der Waals surface area contributed by atoms with Gasteiger partial charge in [-0.3, -0.25) is 0 Å². The molecule has 1 heterocycles. The molecule has 2 fully saturated rings. The highest BCUT2D eigenvalue weighted by atomic mass is 32.2. The van der Waals surface area contributed by atoms with E-state index in [0.29, 0.717) is 19.1 Å². The summed E-state index contributed by atoms with van der Waals surface area (Å²) in [6.45, 7) is 5.67. The van der Waals surface area contributed by atoms with Gasteiger partial charge in [0.05, 0.1) is 17.4 Å². The minimum Gasteiger partial charge on any atom is -0.376 e. The van der Waals surface area contributed by atoms with Crippen LogP contribution in [0.15, 0.2) is 0 Å². The third-order valence-electron chi connectivity index (χ3n) is 3.75. The second-order valence-corrected chi connectivity index (χ2v) is 7.48. The summed E-state index contributed by atoms with van der Waals surface area (Å²) >= 11 is 0. The molecule has 5 nitrogen and oxygen atoms in total. The smallest absolute Gasteiger partial charge is 0.215 e. The van der Waals surface area contributed by atoms with Crippen molar-refractivity contribution in [1.29, 1.82) is 0 Å². The van der Waals surface area contributed by atoms with Crippen LogP contribution in [-0.2, 0) is 14.8 Å². The van der Waals surface area contributed by atoms with Gasteiger partial charge in [-0.05, 0) is 38.6 Å². The van der Waals surface area contributed by atoms with Crippen LogP contribution < -0.4 is 10.0 Å². The molecule has 0 aromatic carbocycles. The number of ether oxygens (including phenoxy) is 1. The van der Waals surface area contributed by atoms with Crippen molar-refractivity contribution in [3.63, 3.8) is 0 Å². The molecule has 0 aromatic heterocycles. The predicted molar refractivity (Wildman–Crippen MR) is 70.9 cm³/mol. The Bertz CT molecular complexity index is 368. The minimum absolute atomic E-state index is 0.0217. The zero-order valence-corrected chi connectivity index (χ0v) is 12.0. The number of sulfonamides is 1. The van der Waals surface area contributed by atoms with Crippen molar-refractivity contribution in [3.8, 4) is 0 Å². The van der Waals surface area contributed by atoms with Gasteiger partial charge >= 0.3 is 0 Å². The molecule has 0 amide bonds. The van der Waals surface area contributed by atoms with Crippen LogP contribution in [0.25, 0.3) is 0 Å². The van der Waals surface area contributed by atoms with Crippen molar-refractivity contribution in [2.45, 2.75) is 50.5 Å². The standard InChI is InChI=1S/C12H24N2O3S/c1-3-13-8-9(2)18(15,16)14-11-6-7-17-12(11)10-4-5-10/h9-14H,3-8H2,1-2H3. The molecule has 3 unspecified atom stereocenters. The van der Waals surface area contributed by atoms with Gasteiger partial charge in [0.25, 0.3) is 0 Å². The van der Waals surface area contributed by atoms with Gasteiger partial charge in [-0.25, -0.2) is 13.1 Å². The highest BCUT2D eigenvalue weighted by Crippen LogP contribution is 2.38. The minimum atomic E-state index is -3.25. The number of hydrogen-bond acceptors (Lipinski definition) is 4. The van der Waals surface area contributed by atoms with Gasteiger partial charge < -0.3 is 10.1 Å². The number of hydrogen-bond donors (Lipinski definition) is 2. The van der Waals surface area contributed by atoms with Crippen LogP contribution in [-0.4, -0.2) is 45.5 Å². The van der Waals surface area contributed by atoms with Crippen LogP contribution in [0.1, 0.15) is 33.1 Å². The highest BCUT2D eigenvalue weighted by molar-refractivity contribution is 7.90. The van der Waals surface area contributed by atoms with Gasteiger partial charge in [-0.1, -0.05) is 6.92 Å². The largest absolute Gasteiger partial charge is 0.376 e. The molecule has 0 aromatic rings. The monoisotopic (exact) mass is 276 g/mol. The maximum absolute atomic E-state index is 12.2. The average Bonchev–Trinajstić information content (AvgIpc) is 3.07. The second-order valence-electron chi connectivity index (χ2n) is 5.35. The Balaban J connectivity index is 1.90. The van der Waals surface area contributed by atoms with Crippen LogP contribution in [0, 0.1) is 5.92 Å². The van der Waals surface area contributed by atoms with Gasteiger partial charge in [0.2, 0.25) is 10.0 Å². The number of nitrogens with one attached hydrogen (secondary N) is 2. The molecule has 6 heteroatoms. The summed E-state index contributed by atoms with van der Waals surface area (Å²) in [4.78, 5) is 0. The van der Waals surface area contributed by atoms with Gasteiger partial charge in [0.15, 0.2) is 0 Å². The molecular formula is C12H24N2O3S. The highest BCUT2D eigenvalue weighted by Gasteiger charge is 2.42. The van der Waals surface area contributed by atoms with Gasteiger partial charge in [-0.15, -0.1) is 0 Å². The predicted octanol–water partition coefficient (Wildman–Crippen LogP) is 0.471. The number of rotatable bonds is 7. The fourth-order valence-electron chi connectivity index (χ4n) is 2.41. The zero-order valence-electron chi connectivity index (χ0n) is 11.2. The molecule has 2 aliphatic rings. The summed E-state index contributed by atoms with van der Waals surface area (Å²) < 4.78 is 32.8. The van der Waals surface area contributed by atoms with E-state index in [2.05, 4.69) is 10.0 Å². The van der Waals surface area contributed by atoms with E-state index in [-0.39, 0.29) is 12.1 Å². The molecule has 2 N–H and O–H groups in total. The first kappa shape index (κ1) is 14.2. The van der Waals surface area contributed by atoms with Gasteiger partial charge in [0, 0.05) is 13.2 Å². The van der Waals surface area contributed by atoms with Crippen molar-refractivity contribution in [3.05, 3.63) is 0 Å². The molecule has 106 valence electrons. The first-order valence-corrected chi connectivity index (χ1v) is 8.42. The molecule has 0 bridgehead atoms. The van der Waals surface area contributed by atoms with E-state index in [1.807, 2.05) is 6.92 Å². The van der Waals surface area contributed by atoms with Gasteiger partial charge in [-0.2, -0.15) is 0 Å². The third-order valence-corrected chi connectivity index (χ3v) is 5.61. The molecular weight excluding hydrogens is 252 g/mol. The lowest BCUT2D eigenvalue weighted by atomic mass is 10.1. The maximum Gasteiger partial charge on any atom is 0.215 e. The Labute approximate surface area is 110 Å². The van der Waals surface area contributed by atoms with Crippen LogP contribution >= 0.6 is 0 Å². The van der Waals surface area contributed by atoms with E-state index >= 15 is 0 Å². The van der Waals surface area contributed by atoms with Crippen LogP contribution in [0.2, 0.25) is 0 Å². The van der Waals surface area contributed by atoms with Crippen LogP contribution in [0.4, 0.5) is 0 Å². The topological polar surface area (TPSA) is 67.4 Å². The van der Waals surface area contributed by atoms with E-state index in [1.165, 1.54) is 12.8 Å². The first-order valence-electron chi connectivity index (χ1n) is 6.88. The normalized spacial score (nSPS) is 30.6. The van der Waals surface area contributed by atoms with E-state index in [0.717, 1.165) is 13.0 Å². The van der Waals surface area contributed by atoms with Crippen molar-refractivity contribution in [2.24, 2.45) is 5.92 Å². The third kappa shape index (κ3) is 3.44. The van der Waals surface area contributed by atoms with Crippen molar-refractivity contribution < 1.29 is 13.2 Å². The first-order chi connectivity index (χ1) is 8.54. The SMILES string of the molecule is CCNCC(C)S(=O)(=O)NC1CCOC1C1CC1. The Morgan fingerprint density at radius 1 is 1.33 bits per heavy atom. The Hall–Kier alpha value is -0.170. The molecule has 1 aliphatic heterocycles. The van der Waals surface area contributed by atoms with Crippen molar-refractivity contribution >= 4 is 10.0 Å². The Morgan fingerprint density at radius 3 is 2.67 bits per heavy atom. The summed E-state index contributed by atoms with van der Waals surface area (Å²) in [7, 11) is -3.25. The summed E-state index contributed by atoms with van der Waals surface area (Å²) in [6.07, 6.45) is 3.26. The van der Waals surface area contributed by atoms with E-state index in [9.17, 15) is 8.42 Å². The maximum atomic E-state index is 12.2. The molecule has 0 spiro atoms.